The average molecular weight is 270 g/mol. The molecule has 0 aliphatic carbocycles. The van der Waals surface area contributed by atoms with Gasteiger partial charge in [0.1, 0.15) is 19.3 Å². The van der Waals surface area contributed by atoms with E-state index in [4.69, 9.17) is 4.74 Å². The van der Waals surface area contributed by atoms with Crippen LogP contribution in [0.2, 0.25) is 0 Å². The number of hydrogen-bond acceptors (Lipinski definition) is 4. The van der Waals surface area contributed by atoms with E-state index in [1.807, 2.05) is 13.8 Å². The Labute approximate surface area is 103 Å². The number of hydrogen-bond donors (Lipinski definition) is 2. The zero-order valence-corrected chi connectivity index (χ0v) is 10.3. The van der Waals surface area contributed by atoms with Crippen LogP contribution in [0.4, 0.5) is 18.0 Å². The SMILES string of the molecule is CC1(C)CNCC(COC(=O)NCC(F)(F)F)O1. The van der Waals surface area contributed by atoms with Crippen molar-refractivity contribution in [1.29, 1.82) is 0 Å². The Morgan fingerprint density at radius 3 is 2.78 bits per heavy atom. The fourth-order valence-corrected chi connectivity index (χ4v) is 1.55. The largest absolute Gasteiger partial charge is 0.447 e. The van der Waals surface area contributed by atoms with E-state index in [1.165, 1.54) is 0 Å². The number of nitrogens with one attached hydrogen (secondary N) is 2. The van der Waals surface area contributed by atoms with Crippen LogP contribution >= 0.6 is 0 Å². The van der Waals surface area contributed by atoms with E-state index in [0.29, 0.717) is 13.1 Å². The van der Waals surface area contributed by atoms with Crippen molar-refractivity contribution < 1.29 is 27.4 Å². The summed E-state index contributed by atoms with van der Waals surface area (Å²) in [7, 11) is 0. The second-order valence-electron chi connectivity index (χ2n) is 4.70. The summed E-state index contributed by atoms with van der Waals surface area (Å²) in [5.74, 6) is 0. The van der Waals surface area contributed by atoms with Gasteiger partial charge in [-0.1, -0.05) is 0 Å². The lowest BCUT2D eigenvalue weighted by Gasteiger charge is -2.36. The maximum atomic E-state index is 11.8. The first-order valence-corrected chi connectivity index (χ1v) is 5.54. The van der Waals surface area contributed by atoms with Gasteiger partial charge in [0.05, 0.1) is 5.60 Å². The number of carbonyl (C=O) groups is 1. The number of amides is 1. The summed E-state index contributed by atoms with van der Waals surface area (Å²) in [6.07, 6.45) is -5.89. The van der Waals surface area contributed by atoms with Crippen molar-refractivity contribution in [1.82, 2.24) is 10.6 Å². The average Bonchev–Trinajstić information content (AvgIpc) is 2.21. The molecular formula is C10H17F3N2O3. The summed E-state index contributed by atoms with van der Waals surface area (Å²) in [5.41, 5.74) is -0.380. The van der Waals surface area contributed by atoms with Crippen LogP contribution in [0, 0.1) is 0 Å². The molecule has 1 fully saturated rings. The van der Waals surface area contributed by atoms with E-state index in [9.17, 15) is 18.0 Å². The lowest BCUT2D eigenvalue weighted by Crippen LogP contribution is -2.52. The van der Waals surface area contributed by atoms with Crippen molar-refractivity contribution in [2.45, 2.75) is 31.7 Å². The number of alkyl carbamates (subject to hydrolysis) is 1. The van der Waals surface area contributed by atoms with Gasteiger partial charge in [0, 0.05) is 13.1 Å². The van der Waals surface area contributed by atoms with Crippen LogP contribution in [-0.4, -0.2) is 50.2 Å². The van der Waals surface area contributed by atoms with Gasteiger partial charge in [-0.25, -0.2) is 4.79 Å². The third-order valence-corrected chi connectivity index (χ3v) is 2.24. The molecule has 1 rings (SSSR count). The number of morpholine rings is 1. The second-order valence-corrected chi connectivity index (χ2v) is 4.70. The van der Waals surface area contributed by atoms with Crippen molar-refractivity contribution in [3.63, 3.8) is 0 Å². The van der Waals surface area contributed by atoms with Gasteiger partial charge >= 0.3 is 12.3 Å². The third-order valence-electron chi connectivity index (χ3n) is 2.24. The molecule has 1 aliphatic heterocycles. The highest BCUT2D eigenvalue weighted by Gasteiger charge is 2.30. The predicted molar refractivity (Wildman–Crippen MR) is 57.2 cm³/mol. The molecule has 0 aromatic carbocycles. The molecule has 1 saturated heterocycles. The van der Waals surface area contributed by atoms with Crippen molar-refractivity contribution in [2.75, 3.05) is 26.2 Å². The molecule has 18 heavy (non-hydrogen) atoms. The minimum atomic E-state index is -4.44. The Bertz CT molecular complexity index is 295. The molecular weight excluding hydrogens is 253 g/mol. The Morgan fingerprint density at radius 2 is 2.22 bits per heavy atom. The lowest BCUT2D eigenvalue weighted by atomic mass is 10.1. The molecule has 1 aliphatic rings. The van der Waals surface area contributed by atoms with Crippen LogP contribution in [0.25, 0.3) is 0 Å². The lowest BCUT2D eigenvalue weighted by molar-refractivity contribution is -0.125. The summed E-state index contributed by atoms with van der Waals surface area (Å²) >= 11 is 0. The second kappa shape index (κ2) is 5.75. The molecule has 1 amide bonds. The van der Waals surface area contributed by atoms with E-state index < -0.39 is 18.8 Å². The Balaban J connectivity index is 2.22. The normalized spacial score (nSPS) is 23.5. The summed E-state index contributed by atoms with van der Waals surface area (Å²) in [6, 6.07) is 0. The molecule has 0 radical (unpaired) electrons. The van der Waals surface area contributed by atoms with Gasteiger partial charge in [-0.15, -0.1) is 0 Å². The Hall–Kier alpha value is -1.02. The molecule has 0 saturated carbocycles. The monoisotopic (exact) mass is 270 g/mol. The van der Waals surface area contributed by atoms with Crippen LogP contribution in [-0.2, 0) is 9.47 Å². The van der Waals surface area contributed by atoms with Crippen molar-refractivity contribution >= 4 is 6.09 Å². The topological polar surface area (TPSA) is 59.6 Å². The molecule has 0 spiro atoms. The highest BCUT2D eigenvalue weighted by Crippen LogP contribution is 2.15. The van der Waals surface area contributed by atoms with Gasteiger partial charge < -0.3 is 20.1 Å². The highest BCUT2D eigenvalue weighted by atomic mass is 19.4. The minimum absolute atomic E-state index is 0.0832. The summed E-state index contributed by atoms with van der Waals surface area (Å²) in [4.78, 5) is 11.0. The predicted octanol–water partition coefficient (Wildman–Crippen LogP) is 1.04. The molecule has 0 aromatic rings. The maximum absolute atomic E-state index is 11.8. The molecule has 0 bridgehead atoms. The Kier molecular flexibility index (Phi) is 4.80. The number of halogens is 3. The van der Waals surface area contributed by atoms with Crippen LogP contribution in [0.5, 0.6) is 0 Å². The van der Waals surface area contributed by atoms with Gasteiger partial charge in [-0.05, 0) is 13.8 Å². The maximum Gasteiger partial charge on any atom is 0.407 e. The van der Waals surface area contributed by atoms with Crippen molar-refractivity contribution in [2.24, 2.45) is 0 Å². The smallest absolute Gasteiger partial charge is 0.407 e. The quantitative estimate of drug-likeness (QED) is 0.804. The van der Waals surface area contributed by atoms with E-state index in [2.05, 4.69) is 10.1 Å². The number of rotatable bonds is 3. The third kappa shape index (κ3) is 6.06. The first-order valence-electron chi connectivity index (χ1n) is 5.54. The standard InChI is InChI=1S/C10H17F3N2O3/c1-9(2)5-14-3-7(18-9)4-17-8(16)15-6-10(11,12)13/h7,14H,3-6H2,1-2H3,(H,15,16). The van der Waals surface area contributed by atoms with E-state index >= 15 is 0 Å². The van der Waals surface area contributed by atoms with Gasteiger partial charge in [-0.2, -0.15) is 13.2 Å². The fraction of sp³-hybridized carbons (Fsp3) is 0.900. The number of ether oxygens (including phenoxy) is 2. The van der Waals surface area contributed by atoms with Crippen LogP contribution in [0.3, 0.4) is 0 Å². The van der Waals surface area contributed by atoms with Crippen molar-refractivity contribution in [3.8, 4) is 0 Å². The van der Waals surface area contributed by atoms with Crippen molar-refractivity contribution in [3.05, 3.63) is 0 Å². The zero-order valence-electron chi connectivity index (χ0n) is 10.3. The summed E-state index contributed by atoms with van der Waals surface area (Å²) in [5, 5.41) is 4.71. The van der Waals surface area contributed by atoms with Crippen LogP contribution in [0.15, 0.2) is 0 Å². The summed E-state index contributed by atoms with van der Waals surface area (Å²) in [6.45, 7) is 3.42. The first-order chi connectivity index (χ1) is 8.18. The van der Waals surface area contributed by atoms with Crippen LogP contribution < -0.4 is 10.6 Å². The van der Waals surface area contributed by atoms with Gasteiger partial charge in [0.25, 0.3) is 0 Å². The molecule has 0 aromatic heterocycles. The molecule has 1 unspecified atom stereocenters. The number of carbonyl (C=O) groups excluding carboxylic acids is 1. The molecule has 1 atom stereocenters. The van der Waals surface area contributed by atoms with E-state index in [1.54, 1.807) is 5.32 Å². The molecule has 1 heterocycles. The molecule has 8 heteroatoms. The minimum Gasteiger partial charge on any atom is -0.447 e. The molecule has 106 valence electrons. The first kappa shape index (κ1) is 15.0. The molecule has 5 nitrogen and oxygen atoms in total. The van der Waals surface area contributed by atoms with Crippen LogP contribution in [0.1, 0.15) is 13.8 Å². The highest BCUT2D eigenvalue weighted by molar-refractivity contribution is 5.67. The fourth-order valence-electron chi connectivity index (χ4n) is 1.55. The van der Waals surface area contributed by atoms with Gasteiger partial charge in [0.15, 0.2) is 0 Å². The van der Waals surface area contributed by atoms with E-state index in [0.717, 1.165) is 0 Å². The number of alkyl halides is 3. The van der Waals surface area contributed by atoms with Gasteiger partial charge in [0.2, 0.25) is 0 Å². The van der Waals surface area contributed by atoms with E-state index in [-0.39, 0.29) is 18.3 Å². The zero-order chi connectivity index (χ0) is 13.8. The van der Waals surface area contributed by atoms with Gasteiger partial charge in [-0.3, -0.25) is 0 Å². The Morgan fingerprint density at radius 1 is 1.56 bits per heavy atom. The summed E-state index contributed by atoms with van der Waals surface area (Å²) < 4.78 is 45.7. The molecule has 2 N–H and O–H groups in total.